The molecule has 0 unspecified atom stereocenters. The van der Waals surface area contributed by atoms with Gasteiger partial charge in [-0.1, -0.05) is 11.8 Å². The quantitative estimate of drug-likeness (QED) is 0.558. The Bertz CT molecular complexity index is 863. The van der Waals surface area contributed by atoms with Crippen LogP contribution in [-0.4, -0.2) is 32.3 Å². The summed E-state index contributed by atoms with van der Waals surface area (Å²) in [5, 5.41) is 13.0. The fraction of sp³-hybridized carbons (Fsp3) is 0.143. The lowest BCUT2D eigenvalue weighted by Gasteiger charge is -2.11. The van der Waals surface area contributed by atoms with Crippen molar-refractivity contribution in [2.45, 2.75) is 12.1 Å². The summed E-state index contributed by atoms with van der Waals surface area (Å²) in [5.41, 5.74) is 3.98. The molecular weight excluding hydrogens is 320 g/mol. The van der Waals surface area contributed by atoms with Crippen LogP contribution in [0.4, 0.5) is 11.5 Å². The Morgan fingerprint density at radius 2 is 2.18 bits per heavy atom. The molecule has 2 N–H and O–H groups in total. The van der Waals surface area contributed by atoms with Crippen LogP contribution in [0.25, 0.3) is 10.2 Å². The summed E-state index contributed by atoms with van der Waals surface area (Å²) < 4.78 is 1.03. The maximum Gasteiger partial charge on any atom is 0.341 e. The number of rotatable bonds is 4. The lowest BCUT2D eigenvalue weighted by molar-refractivity contribution is 0.0696. The monoisotopic (exact) mass is 332 g/mol. The van der Waals surface area contributed by atoms with Crippen LogP contribution in [-0.2, 0) is 0 Å². The van der Waals surface area contributed by atoms with Crippen molar-refractivity contribution < 1.29 is 9.90 Å². The highest BCUT2D eigenvalue weighted by atomic mass is 32.2. The van der Waals surface area contributed by atoms with Crippen LogP contribution in [0, 0.1) is 6.92 Å². The van der Waals surface area contributed by atoms with Crippen molar-refractivity contribution >= 4 is 50.8 Å². The number of thiazole rings is 1. The van der Waals surface area contributed by atoms with E-state index in [1.165, 1.54) is 23.1 Å². The van der Waals surface area contributed by atoms with Crippen molar-refractivity contribution in [1.82, 2.24) is 15.0 Å². The third kappa shape index (κ3) is 2.75. The van der Waals surface area contributed by atoms with Crippen molar-refractivity contribution in [3.05, 3.63) is 35.0 Å². The topological polar surface area (TPSA) is 88.0 Å². The Balaban J connectivity index is 2.06. The predicted molar refractivity (Wildman–Crippen MR) is 88.4 cm³/mol. The number of aryl methyl sites for hydroxylation is 1. The van der Waals surface area contributed by atoms with Crippen molar-refractivity contribution in [3.8, 4) is 0 Å². The summed E-state index contributed by atoms with van der Waals surface area (Å²) in [6.07, 6.45) is 1.85. The number of carbonyl (C=O) groups is 1. The van der Waals surface area contributed by atoms with Gasteiger partial charge in [-0.2, -0.15) is 0 Å². The second-order valence-corrected chi connectivity index (χ2v) is 6.14. The maximum atomic E-state index is 11.5. The number of thioether (sulfide) groups is 1. The number of benzene rings is 1. The van der Waals surface area contributed by atoms with Crippen LogP contribution >= 0.6 is 23.1 Å². The number of aromatic nitrogens is 3. The predicted octanol–water partition coefficient (Wildman–Crippen LogP) is 3.56. The Kier molecular flexibility index (Phi) is 3.95. The zero-order chi connectivity index (χ0) is 15.7. The van der Waals surface area contributed by atoms with E-state index in [9.17, 15) is 9.90 Å². The number of nitrogens with zero attached hydrogens (tertiary/aromatic N) is 3. The molecule has 0 bridgehead atoms. The van der Waals surface area contributed by atoms with E-state index in [0.29, 0.717) is 16.7 Å². The van der Waals surface area contributed by atoms with E-state index in [4.69, 9.17) is 0 Å². The molecule has 0 aliphatic carbocycles. The summed E-state index contributed by atoms with van der Waals surface area (Å²) in [7, 11) is 0. The lowest BCUT2D eigenvalue weighted by atomic mass is 10.2. The average molecular weight is 332 g/mol. The average Bonchev–Trinajstić information content (AvgIpc) is 2.93. The molecule has 1 aromatic carbocycles. The van der Waals surface area contributed by atoms with Crippen LogP contribution in [0.15, 0.2) is 28.9 Å². The van der Waals surface area contributed by atoms with Gasteiger partial charge in [-0.05, 0) is 31.4 Å². The van der Waals surface area contributed by atoms with E-state index < -0.39 is 5.97 Å². The van der Waals surface area contributed by atoms with Gasteiger partial charge in [-0.3, -0.25) is 0 Å². The molecule has 0 atom stereocenters. The highest BCUT2D eigenvalue weighted by Crippen LogP contribution is 2.27. The fourth-order valence-corrected chi connectivity index (χ4v) is 3.18. The van der Waals surface area contributed by atoms with E-state index in [-0.39, 0.29) is 5.56 Å². The zero-order valence-corrected chi connectivity index (χ0v) is 13.5. The number of hydrogen-bond acceptors (Lipinski definition) is 7. The Labute approximate surface area is 134 Å². The number of carboxylic acid groups (broad SMARTS) is 1. The normalized spacial score (nSPS) is 10.8. The Morgan fingerprint density at radius 1 is 1.36 bits per heavy atom. The minimum atomic E-state index is -1.05. The van der Waals surface area contributed by atoms with Crippen LogP contribution < -0.4 is 5.32 Å². The van der Waals surface area contributed by atoms with Gasteiger partial charge in [0.1, 0.15) is 11.4 Å². The van der Waals surface area contributed by atoms with Gasteiger partial charge in [0.2, 0.25) is 0 Å². The second-order valence-electron chi connectivity index (χ2n) is 4.48. The van der Waals surface area contributed by atoms with E-state index in [2.05, 4.69) is 20.3 Å². The van der Waals surface area contributed by atoms with Crippen LogP contribution in [0.1, 0.15) is 16.1 Å². The number of carboxylic acids is 1. The van der Waals surface area contributed by atoms with Gasteiger partial charge in [-0.25, -0.2) is 19.7 Å². The van der Waals surface area contributed by atoms with Gasteiger partial charge in [0.05, 0.1) is 21.4 Å². The summed E-state index contributed by atoms with van der Waals surface area (Å²) in [4.78, 5) is 24.2. The second kappa shape index (κ2) is 5.90. The van der Waals surface area contributed by atoms with E-state index in [1.54, 1.807) is 12.4 Å². The molecular formula is C14H12N4O2S2. The lowest BCUT2D eigenvalue weighted by Crippen LogP contribution is -2.10. The van der Waals surface area contributed by atoms with Crippen LogP contribution in [0.2, 0.25) is 0 Å². The van der Waals surface area contributed by atoms with E-state index >= 15 is 0 Å². The number of hydrogen-bond donors (Lipinski definition) is 2. The fourth-order valence-electron chi connectivity index (χ4n) is 2.05. The van der Waals surface area contributed by atoms with Gasteiger partial charge >= 0.3 is 5.97 Å². The molecule has 6 nitrogen and oxygen atoms in total. The first-order valence-corrected chi connectivity index (χ1v) is 8.45. The highest BCUT2D eigenvalue weighted by Gasteiger charge is 2.18. The molecule has 0 spiro atoms. The van der Waals surface area contributed by atoms with Gasteiger partial charge < -0.3 is 10.4 Å². The Morgan fingerprint density at radius 3 is 2.91 bits per heavy atom. The summed E-state index contributed by atoms with van der Waals surface area (Å²) >= 11 is 2.90. The number of nitrogens with one attached hydrogen (secondary N) is 1. The molecule has 3 rings (SSSR count). The van der Waals surface area contributed by atoms with Gasteiger partial charge in [0.15, 0.2) is 5.16 Å². The molecule has 0 saturated carbocycles. The first-order valence-electron chi connectivity index (χ1n) is 6.34. The van der Waals surface area contributed by atoms with Crippen molar-refractivity contribution in [1.29, 1.82) is 0 Å². The minimum Gasteiger partial charge on any atom is -0.477 e. The van der Waals surface area contributed by atoms with Crippen molar-refractivity contribution in [3.63, 3.8) is 0 Å². The third-order valence-corrected chi connectivity index (χ3v) is 4.40. The molecule has 2 heterocycles. The molecule has 0 aliphatic heterocycles. The first kappa shape index (κ1) is 14.7. The smallest absolute Gasteiger partial charge is 0.341 e. The number of fused-ring (bicyclic) bond motifs is 1. The zero-order valence-electron chi connectivity index (χ0n) is 11.8. The SMILES string of the molecule is CSc1nc(C)c(C(=O)O)c(Nc2ccc3ncsc3c2)n1. The molecule has 0 saturated heterocycles. The summed E-state index contributed by atoms with van der Waals surface area (Å²) in [6.45, 7) is 1.67. The first-order chi connectivity index (χ1) is 10.6. The largest absolute Gasteiger partial charge is 0.477 e. The maximum absolute atomic E-state index is 11.5. The standard InChI is InChI=1S/C14H12N4O2S2/c1-7-11(13(19)20)12(18-14(16-7)21-2)17-8-3-4-9-10(5-8)22-6-15-9/h3-6H,1-2H3,(H,19,20)(H,16,17,18). The summed E-state index contributed by atoms with van der Waals surface area (Å²) in [6, 6.07) is 5.66. The molecule has 3 aromatic rings. The van der Waals surface area contributed by atoms with E-state index in [1.807, 2.05) is 24.5 Å². The van der Waals surface area contributed by atoms with Crippen LogP contribution in [0.5, 0.6) is 0 Å². The van der Waals surface area contributed by atoms with Gasteiger partial charge in [-0.15, -0.1) is 11.3 Å². The van der Waals surface area contributed by atoms with Gasteiger partial charge in [0.25, 0.3) is 0 Å². The molecule has 0 aliphatic rings. The van der Waals surface area contributed by atoms with Gasteiger partial charge in [0, 0.05) is 5.69 Å². The molecule has 0 radical (unpaired) electrons. The number of aromatic carboxylic acids is 1. The third-order valence-electron chi connectivity index (χ3n) is 3.06. The summed E-state index contributed by atoms with van der Waals surface area (Å²) in [5.74, 6) is -0.750. The molecule has 2 aromatic heterocycles. The van der Waals surface area contributed by atoms with Crippen molar-refractivity contribution in [2.75, 3.05) is 11.6 Å². The highest BCUT2D eigenvalue weighted by molar-refractivity contribution is 7.98. The van der Waals surface area contributed by atoms with E-state index in [0.717, 1.165) is 15.9 Å². The van der Waals surface area contributed by atoms with Crippen molar-refractivity contribution in [2.24, 2.45) is 0 Å². The minimum absolute atomic E-state index is 0.0854. The molecule has 0 fully saturated rings. The molecule has 0 amide bonds. The molecule has 112 valence electrons. The Hall–Kier alpha value is -2.19. The van der Waals surface area contributed by atoms with Crippen LogP contribution in [0.3, 0.4) is 0 Å². The molecule has 22 heavy (non-hydrogen) atoms. The molecule has 8 heteroatoms. The number of anilines is 2.